The molecule has 1 amide bonds. The van der Waals surface area contributed by atoms with Crippen LogP contribution in [-0.4, -0.2) is 38.2 Å². The van der Waals surface area contributed by atoms with Gasteiger partial charge in [-0.2, -0.15) is 0 Å². The Morgan fingerprint density at radius 2 is 1.89 bits per heavy atom. The molecule has 2 rings (SSSR count). The summed E-state index contributed by atoms with van der Waals surface area (Å²) in [5, 5.41) is 0.352. The number of carbonyl (C=O) groups is 1. The van der Waals surface area contributed by atoms with E-state index in [4.69, 9.17) is 25.8 Å². The van der Waals surface area contributed by atoms with Gasteiger partial charge in [0.2, 0.25) is 0 Å². The highest BCUT2D eigenvalue weighted by atomic mass is 35.5. The molecule has 0 aliphatic heterocycles. The molecule has 0 aromatic heterocycles. The maximum Gasteiger partial charge on any atom is 0.254 e. The fourth-order valence-electron chi connectivity index (χ4n) is 2.97. The second-order valence-corrected chi connectivity index (χ2v) is 6.37. The van der Waals surface area contributed by atoms with Crippen LogP contribution in [0.15, 0.2) is 36.4 Å². The zero-order valence-electron chi connectivity index (χ0n) is 16.4. The SMILES string of the molecule is CCOc1c(Cl)cc(C(=O)N(CC)C(C)c2cccc(OC)c2)cc1OC. The van der Waals surface area contributed by atoms with Crippen LogP contribution in [0, 0.1) is 0 Å². The van der Waals surface area contributed by atoms with Gasteiger partial charge in [0.25, 0.3) is 5.91 Å². The molecule has 0 saturated carbocycles. The molecule has 6 heteroatoms. The number of benzene rings is 2. The molecular formula is C21H26ClNO4. The third-order valence-corrected chi connectivity index (χ3v) is 4.69. The first-order valence-electron chi connectivity index (χ1n) is 8.91. The van der Waals surface area contributed by atoms with Crippen LogP contribution in [0.25, 0.3) is 0 Å². The number of amides is 1. The minimum Gasteiger partial charge on any atom is -0.497 e. The Hall–Kier alpha value is -2.40. The second kappa shape index (κ2) is 9.51. The lowest BCUT2D eigenvalue weighted by Gasteiger charge is -2.29. The molecule has 0 aliphatic rings. The molecular weight excluding hydrogens is 366 g/mol. The van der Waals surface area contributed by atoms with E-state index in [0.29, 0.717) is 35.2 Å². The molecule has 0 saturated heterocycles. The van der Waals surface area contributed by atoms with Gasteiger partial charge in [0, 0.05) is 12.1 Å². The second-order valence-electron chi connectivity index (χ2n) is 5.97. The first-order valence-corrected chi connectivity index (χ1v) is 9.29. The Kier molecular flexibility index (Phi) is 7.36. The van der Waals surface area contributed by atoms with Crippen LogP contribution in [0.3, 0.4) is 0 Å². The Morgan fingerprint density at radius 3 is 2.48 bits per heavy atom. The number of rotatable bonds is 8. The lowest BCUT2D eigenvalue weighted by atomic mass is 10.0. The van der Waals surface area contributed by atoms with Gasteiger partial charge in [-0.05, 0) is 50.6 Å². The topological polar surface area (TPSA) is 48.0 Å². The van der Waals surface area contributed by atoms with Crippen molar-refractivity contribution in [2.75, 3.05) is 27.4 Å². The molecule has 0 N–H and O–H groups in total. The molecule has 1 atom stereocenters. The van der Waals surface area contributed by atoms with E-state index >= 15 is 0 Å². The number of ether oxygens (including phenoxy) is 3. The number of halogens is 1. The Labute approximate surface area is 165 Å². The molecule has 1 unspecified atom stereocenters. The van der Waals surface area contributed by atoms with Crippen molar-refractivity contribution in [1.82, 2.24) is 4.90 Å². The van der Waals surface area contributed by atoms with Crippen molar-refractivity contribution in [2.24, 2.45) is 0 Å². The zero-order chi connectivity index (χ0) is 20.0. The minimum absolute atomic E-state index is 0.129. The number of carbonyl (C=O) groups excluding carboxylic acids is 1. The number of nitrogens with zero attached hydrogens (tertiary/aromatic N) is 1. The Balaban J connectivity index is 2.37. The third-order valence-electron chi connectivity index (χ3n) is 4.41. The molecule has 0 fully saturated rings. The average Bonchev–Trinajstić information content (AvgIpc) is 2.69. The predicted molar refractivity (Wildman–Crippen MR) is 107 cm³/mol. The highest BCUT2D eigenvalue weighted by molar-refractivity contribution is 6.32. The van der Waals surface area contributed by atoms with E-state index < -0.39 is 0 Å². The first kappa shape index (κ1) is 20.9. The summed E-state index contributed by atoms with van der Waals surface area (Å²) < 4.78 is 16.2. The quantitative estimate of drug-likeness (QED) is 0.636. The van der Waals surface area contributed by atoms with Crippen molar-refractivity contribution in [3.05, 3.63) is 52.5 Å². The van der Waals surface area contributed by atoms with E-state index in [1.165, 1.54) is 7.11 Å². The molecule has 0 spiro atoms. The van der Waals surface area contributed by atoms with Crippen LogP contribution in [0.1, 0.15) is 42.7 Å². The molecule has 2 aromatic carbocycles. The maximum atomic E-state index is 13.2. The van der Waals surface area contributed by atoms with Crippen molar-refractivity contribution in [2.45, 2.75) is 26.8 Å². The summed E-state index contributed by atoms with van der Waals surface area (Å²) in [6.07, 6.45) is 0. The molecule has 0 bridgehead atoms. The predicted octanol–water partition coefficient (Wildman–Crippen LogP) is 4.98. The van der Waals surface area contributed by atoms with Gasteiger partial charge in [-0.1, -0.05) is 23.7 Å². The van der Waals surface area contributed by atoms with Crippen LogP contribution in [0.4, 0.5) is 0 Å². The van der Waals surface area contributed by atoms with Crippen LogP contribution < -0.4 is 14.2 Å². The smallest absolute Gasteiger partial charge is 0.254 e. The number of methoxy groups -OCH3 is 2. The molecule has 146 valence electrons. The van der Waals surface area contributed by atoms with Crippen molar-refractivity contribution in [1.29, 1.82) is 0 Å². The fourth-order valence-corrected chi connectivity index (χ4v) is 3.23. The number of hydrogen-bond donors (Lipinski definition) is 0. The van der Waals surface area contributed by atoms with Crippen LogP contribution in [0.5, 0.6) is 17.2 Å². The number of hydrogen-bond acceptors (Lipinski definition) is 4. The molecule has 0 heterocycles. The van der Waals surface area contributed by atoms with Crippen LogP contribution in [0.2, 0.25) is 5.02 Å². The minimum atomic E-state index is -0.131. The fraction of sp³-hybridized carbons (Fsp3) is 0.381. The van der Waals surface area contributed by atoms with E-state index in [1.807, 2.05) is 45.0 Å². The van der Waals surface area contributed by atoms with Crippen LogP contribution >= 0.6 is 11.6 Å². The maximum absolute atomic E-state index is 13.2. The average molecular weight is 392 g/mol. The lowest BCUT2D eigenvalue weighted by molar-refractivity contribution is 0.0701. The monoisotopic (exact) mass is 391 g/mol. The van der Waals surface area contributed by atoms with Crippen molar-refractivity contribution >= 4 is 17.5 Å². The van der Waals surface area contributed by atoms with Gasteiger partial charge in [-0.3, -0.25) is 4.79 Å². The van der Waals surface area contributed by atoms with Crippen LogP contribution in [-0.2, 0) is 0 Å². The van der Waals surface area contributed by atoms with Gasteiger partial charge >= 0.3 is 0 Å². The highest BCUT2D eigenvalue weighted by Crippen LogP contribution is 2.37. The van der Waals surface area contributed by atoms with Crippen molar-refractivity contribution in [3.63, 3.8) is 0 Å². The first-order chi connectivity index (χ1) is 13.0. The largest absolute Gasteiger partial charge is 0.497 e. The summed E-state index contributed by atoms with van der Waals surface area (Å²) in [6.45, 7) is 6.80. The van der Waals surface area contributed by atoms with Crippen molar-refractivity contribution < 1.29 is 19.0 Å². The van der Waals surface area contributed by atoms with E-state index in [2.05, 4.69) is 0 Å². The van der Waals surface area contributed by atoms with E-state index in [-0.39, 0.29) is 11.9 Å². The zero-order valence-corrected chi connectivity index (χ0v) is 17.2. The summed E-state index contributed by atoms with van der Waals surface area (Å²) in [4.78, 5) is 15.0. The van der Waals surface area contributed by atoms with Gasteiger partial charge < -0.3 is 19.1 Å². The molecule has 0 radical (unpaired) electrons. The van der Waals surface area contributed by atoms with Gasteiger partial charge in [0.05, 0.1) is 31.9 Å². The Morgan fingerprint density at radius 1 is 1.15 bits per heavy atom. The summed E-state index contributed by atoms with van der Waals surface area (Å²) >= 11 is 6.33. The molecule has 27 heavy (non-hydrogen) atoms. The van der Waals surface area contributed by atoms with E-state index in [0.717, 1.165) is 11.3 Å². The van der Waals surface area contributed by atoms with Gasteiger partial charge in [0.15, 0.2) is 11.5 Å². The van der Waals surface area contributed by atoms with Gasteiger partial charge in [0.1, 0.15) is 5.75 Å². The highest BCUT2D eigenvalue weighted by Gasteiger charge is 2.24. The normalized spacial score (nSPS) is 11.6. The van der Waals surface area contributed by atoms with Gasteiger partial charge in [-0.25, -0.2) is 0 Å². The molecule has 2 aromatic rings. The third kappa shape index (κ3) is 4.66. The standard InChI is InChI=1S/C21H26ClNO4/c1-6-23(14(3)15-9-8-10-17(11-15)25-4)21(24)16-12-18(22)20(27-7-2)19(13-16)26-5/h8-14H,6-7H2,1-5H3. The van der Waals surface area contributed by atoms with E-state index in [9.17, 15) is 4.79 Å². The molecule has 0 aliphatic carbocycles. The Bertz CT molecular complexity index is 794. The summed E-state index contributed by atoms with van der Waals surface area (Å²) in [7, 11) is 3.15. The molecule has 5 nitrogen and oxygen atoms in total. The summed E-state index contributed by atoms with van der Waals surface area (Å²) in [5.74, 6) is 1.52. The van der Waals surface area contributed by atoms with Crippen molar-refractivity contribution in [3.8, 4) is 17.2 Å². The summed E-state index contributed by atoms with van der Waals surface area (Å²) in [5.41, 5.74) is 1.45. The summed E-state index contributed by atoms with van der Waals surface area (Å²) in [6, 6.07) is 10.9. The van der Waals surface area contributed by atoms with E-state index in [1.54, 1.807) is 24.1 Å². The lowest BCUT2D eigenvalue weighted by Crippen LogP contribution is -2.33. The van der Waals surface area contributed by atoms with Gasteiger partial charge in [-0.15, -0.1) is 0 Å².